The third kappa shape index (κ3) is 8.94. The maximum atomic E-state index is 13.1. The van der Waals surface area contributed by atoms with E-state index < -0.39 is 18.8 Å². The molecule has 0 aliphatic carbocycles. The van der Waals surface area contributed by atoms with Crippen LogP contribution >= 0.6 is 0 Å². The number of rotatable bonds is 13. The molecule has 0 spiro atoms. The first-order valence-corrected chi connectivity index (χ1v) is 16.2. The number of carbonyl (C=O) groups is 1. The number of fused-ring (bicyclic) bond motifs is 1. The third-order valence-electron chi connectivity index (χ3n) is 8.64. The highest BCUT2D eigenvalue weighted by Crippen LogP contribution is 2.38. The molecule has 2 atom stereocenters. The van der Waals surface area contributed by atoms with E-state index in [4.69, 9.17) is 18.9 Å². The molecule has 2 fully saturated rings. The first kappa shape index (κ1) is 35.4. The van der Waals surface area contributed by atoms with Gasteiger partial charge < -0.3 is 23.8 Å². The summed E-state index contributed by atoms with van der Waals surface area (Å²) >= 11 is 0. The average molecular weight is 672 g/mol. The molecular formula is C35H44F3N5O5. The minimum atomic E-state index is -4.56. The number of benzene rings is 2. The smallest absolute Gasteiger partial charge is 0.422 e. The van der Waals surface area contributed by atoms with Crippen LogP contribution in [0.2, 0.25) is 0 Å². The predicted molar refractivity (Wildman–Crippen MR) is 173 cm³/mol. The van der Waals surface area contributed by atoms with E-state index in [2.05, 4.69) is 68.3 Å². The number of hydrogen-bond acceptors (Lipinski definition) is 9. The zero-order valence-electron chi connectivity index (χ0n) is 27.9. The van der Waals surface area contributed by atoms with Crippen LogP contribution in [0.3, 0.4) is 0 Å². The van der Waals surface area contributed by atoms with E-state index in [0.717, 1.165) is 6.54 Å². The number of nitrogens with zero attached hydrogens (tertiary/aromatic N) is 5. The Morgan fingerprint density at radius 2 is 1.56 bits per heavy atom. The fourth-order valence-electron chi connectivity index (χ4n) is 6.65. The Hall–Kier alpha value is -3.94. The number of methoxy groups -OCH3 is 2. The normalized spacial score (nSPS) is 19.0. The lowest BCUT2D eigenvalue weighted by Crippen LogP contribution is -2.67. The van der Waals surface area contributed by atoms with Crippen LogP contribution in [-0.4, -0.2) is 115 Å². The van der Waals surface area contributed by atoms with Gasteiger partial charge in [0.1, 0.15) is 0 Å². The van der Waals surface area contributed by atoms with Crippen LogP contribution in [0.15, 0.2) is 60.7 Å². The number of halogens is 3. The molecule has 3 heterocycles. The predicted octanol–water partition coefficient (Wildman–Crippen LogP) is 4.78. The lowest BCUT2D eigenvalue weighted by atomic mass is 9.81. The molecule has 2 unspecified atom stereocenters. The van der Waals surface area contributed by atoms with Crippen molar-refractivity contribution in [2.24, 2.45) is 0 Å². The Kier molecular flexibility index (Phi) is 11.8. The van der Waals surface area contributed by atoms with Gasteiger partial charge in [-0.3, -0.25) is 14.6 Å². The molecule has 2 aliphatic rings. The molecule has 260 valence electrons. The lowest BCUT2D eigenvalue weighted by molar-refractivity contribution is -0.154. The molecule has 10 nitrogen and oxygen atoms in total. The lowest BCUT2D eigenvalue weighted by Gasteiger charge is -2.53. The minimum absolute atomic E-state index is 0.00897. The van der Waals surface area contributed by atoms with Gasteiger partial charge in [0.2, 0.25) is 17.7 Å². The van der Waals surface area contributed by atoms with E-state index in [0.29, 0.717) is 51.3 Å². The fraction of sp³-hybridized carbons (Fsp3) is 0.514. The van der Waals surface area contributed by atoms with Crippen LogP contribution in [0.5, 0.6) is 17.8 Å². The van der Waals surface area contributed by atoms with Crippen molar-refractivity contribution in [3.63, 3.8) is 0 Å². The molecule has 0 N–H and O–H groups in total. The van der Waals surface area contributed by atoms with Gasteiger partial charge in [0.15, 0.2) is 6.61 Å². The Balaban J connectivity index is 1.52. The van der Waals surface area contributed by atoms with Gasteiger partial charge >= 0.3 is 12.2 Å². The summed E-state index contributed by atoms with van der Waals surface area (Å²) in [5.74, 6) is 0.274. The van der Waals surface area contributed by atoms with Crippen LogP contribution in [0.1, 0.15) is 42.9 Å². The monoisotopic (exact) mass is 671 g/mol. The molecule has 13 heteroatoms. The molecule has 2 aromatic carbocycles. The van der Waals surface area contributed by atoms with Crippen molar-refractivity contribution < 1.29 is 36.9 Å². The van der Waals surface area contributed by atoms with Crippen molar-refractivity contribution >= 4 is 5.91 Å². The SMILES string of the molecule is COCCC(=O)N1CCN2C(CN(Cc3c(OC)nc(OCC(F)(F)F)nc3OC(C)C)CC2C(c2ccccc2)c2ccccc2)C1. The van der Waals surface area contributed by atoms with Gasteiger partial charge in [-0.25, -0.2) is 0 Å². The van der Waals surface area contributed by atoms with E-state index in [-0.39, 0.29) is 41.8 Å². The molecular weight excluding hydrogens is 627 g/mol. The first-order valence-electron chi connectivity index (χ1n) is 16.2. The molecule has 1 aromatic heterocycles. The molecule has 2 saturated heterocycles. The van der Waals surface area contributed by atoms with Crippen molar-refractivity contribution in [3.05, 3.63) is 77.4 Å². The quantitative estimate of drug-likeness (QED) is 0.255. The number of carbonyl (C=O) groups excluding carboxylic acids is 1. The van der Waals surface area contributed by atoms with Gasteiger partial charge in [-0.1, -0.05) is 60.7 Å². The topological polar surface area (TPSA) is 89.5 Å². The third-order valence-corrected chi connectivity index (χ3v) is 8.64. The van der Waals surface area contributed by atoms with E-state index in [1.54, 1.807) is 7.11 Å². The van der Waals surface area contributed by atoms with E-state index in [9.17, 15) is 18.0 Å². The minimum Gasteiger partial charge on any atom is -0.481 e. The summed E-state index contributed by atoms with van der Waals surface area (Å²) in [6.45, 7) is 5.92. The summed E-state index contributed by atoms with van der Waals surface area (Å²) < 4.78 is 60.5. The summed E-state index contributed by atoms with van der Waals surface area (Å²) in [5.41, 5.74) is 2.88. The van der Waals surface area contributed by atoms with Crippen molar-refractivity contribution in [1.29, 1.82) is 0 Å². The summed E-state index contributed by atoms with van der Waals surface area (Å²) in [7, 11) is 3.00. The molecule has 2 aliphatic heterocycles. The van der Waals surface area contributed by atoms with Gasteiger partial charge in [0.25, 0.3) is 0 Å². The maximum absolute atomic E-state index is 13.1. The molecule has 0 bridgehead atoms. The highest BCUT2D eigenvalue weighted by Gasteiger charge is 2.43. The summed E-state index contributed by atoms with van der Waals surface area (Å²) in [5, 5.41) is 0. The van der Waals surface area contributed by atoms with Gasteiger partial charge in [0.05, 0.1) is 31.8 Å². The van der Waals surface area contributed by atoms with Crippen LogP contribution < -0.4 is 14.2 Å². The number of hydrogen-bond donors (Lipinski definition) is 0. The zero-order valence-corrected chi connectivity index (χ0v) is 27.9. The standard InChI is InChI=1S/C35H44F3N5O5/c1-24(2)48-33-28(32(46-4)39-34(40-33)47-23-35(36,37)38)21-41-19-27-20-42(30(44)15-18-45-3)16-17-43(27)29(22-41)31(25-11-7-5-8-12-25)26-13-9-6-10-14-26/h5-14,24,27,29,31H,15-23H2,1-4H3. The number of aromatic nitrogens is 2. The van der Waals surface area contributed by atoms with Gasteiger partial charge in [-0.05, 0) is 25.0 Å². The molecule has 0 radical (unpaired) electrons. The van der Waals surface area contributed by atoms with Crippen molar-refractivity contribution in [1.82, 2.24) is 24.7 Å². The van der Waals surface area contributed by atoms with Crippen molar-refractivity contribution in [3.8, 4) is 17.8 Å². The van der Waals surface area contributed by atoms with Crippen LogP contribution in [0, 0.1) is 0 Å². The summed E-state index contributed by atoms with van der Waals surface area (Å²) in [6, 6.07) is 20.4. The first-order chi connectivity index (χ1) is 23.1. The van der Waals surface area contributed by atoms with Gasteiger partial charge in [0, 0.05) is 64.4 Å². The number of piperazine rings is 2. The van der Waals surface area contributed by atoms with E-state index >= 15 is 0 Å². The van der Waals surface area contributed by atoms with Gasteiger partial charge in [-0.2, -0.15) is 23.1 Å². The number of amides is 1. The van der Waals surface area contributed by atoms with E-state index in [1.165, 1.54) is 18.2 Å². The average Bonchev–Trinajstić information content (AvgIpc) is 3.07. The second-order valence-corrected chi connectivity index (χ2v) is 12.4. The van der Waals surface area contributed by atoms with Gasteiger partial charge in [-0.15, -0.1) is 0 Å². The summed E-state index contributed by atoms with van der Waals surface area (Å²) in [6.07, 6.45) is -4.56. The van der Waals surface area contributed by atoms with Crippen molar-refractivity contribution in [2.45, 2.75) is 57.1 Å². The Labute approximate surface area is 279 Å². The van der Waals surface area contributed by atoms with Crippen LogP contribution in [0.4, 0.5) is 13.2 Å². The zero-order chi connectivity index (χ0) is 34.3. The largest absolute Gasteiger partial charge is 0.481 e. The molecule has 3 aromatic rings. The van der Waals surface area contributed by atoms with E-state index in [1.807, 2.05) is 30.9 Å². The van der Waals surface area contributed by atoms with Crippen LogP contribution in [0.25, 0.3) is 0 Å². The highest BCUT2D eigenvalue weighted by atomic mass is 19.4. The Morgan fingerprint density at radius 3 is 2.15 bits per heavy atom. The second-order valence-electron chi connectivity index (χ2n) is 12.4. The molecule has 1 amide bonds. The number of ether oxygens (including phenoxy) is 4. The van der Waals surface area contributed by atoms with Crippen molar-refractivity contribution in [2.75, 3.05) is 60.2 Å². The second kappa shape index (κ2) is 16.0. The maximum Gasteiger partial charge on any atom is 0.422 e. The summed E-state index contributed by atoms with van der Waals surface area (Å²) in [4.78, 5) is 28.3. The fourth-order valence-corrected chi connectivity index (χ4v) is 6.65. The van der Waals surface area contributed by atoms with Crippen LogP contribution in [-0.2, 0) is 16.1 Å². The Bertz CT molecular complexity index is 1440. The molecule has 48 heavy (non-hydrogen) atoms. The number of alkyl halides is 3. The Morgan fingerprint density at radius 1 is 0.917 bits per heavy atom. The molecule has 5 rings (SSSR count). The molecule has 0 saturated carbocycles. The highest BCUT2D eigenvalue weighted by molar-refractivity contribution is 5.76.